The van der Waals surface area contributed by atoms with Gasteiger partial charge in [0.2, 0.25) is 0 Å². The van der Waals surface area contributed by atoms with Crippen molar-refractivity contribution in [1.82, 2.24) is 0 Å². The van der Waals surface area contributed by atoms with E-state index in [4.69, 9.17) is 11.6 Å². The molecule has 0 saturated heterocycles. The normalized spacial score (nSPS) is 11.7. The molecular formula is C52H47ClP2. The topological polar surface area (TPSA) is 0 Å². The monoisotopic (exact) mass is 768 g/mol. The molecule has 55 heavy (non-hydrogen) atoms. The smallest absolute Gasteiger partial charge is 0.0502 e. The first-order valence-electron chi connectivity index (χ1n) is 19.1. The van der Waals surface area contributed by atoms with Crippen molar-refractivity contribution in [3.63, 3.8) is 0 Å². The number of benzene rings is 8. The van der Waals surface area contributed by atoms with Crippen LogP contribution >= 0.6 is 27.4 Å². The Kier molecular flexibility index (Phi) is 10.3. The highest BCUT2D eigenvalue weighted by Gasteiger charge is 2.31. The first kappa shape index (κ1) is 37.4. The van der Waals surface area contributed by atoms with E-state index in [9.17, 15) is 0 Å². The molecule has 0 aromatic heterocycles. The number of hydrogen-bond acceptors (Lipinski definition) is 0. The van der Waals surface area contributed by atoms with Crippen molar-refractivity contribution in [2.24, 2.45) is 0 Å². The molecule has 8 aromatic carbocycles. The van der Waals surface area contributed by atoms with Gasteiger partial charge < -0.3 is 0 Å². The Balaban J connectivity index is 1.59. The van der Waals surface area contributed by atoms with Crippen LogP contribution in [-0.2, 0) is 0 Å². The molecule has 8 rings (SSSR count). The fraction of sp³-hybridized carbons (Fsp3) is 0.154. The fourth-order valence-electron chi connectivity index (χ4n) is 8.64. The molecule has 0 fully saturated rings. The lowest BCUT2D eigenvalue weighted by atomic mass is 9.93. The first-order chi connectivity index (χ1) is 26.4. The Hall–Kier alpha value is -4.57. The predicted octanol–water partition coefficient (Wildman–Crippen LogP) is 12.3. The van der Waals surface area contributed by atoms with Crippen LogP contribution in [0.5, 0.6) is 0 Å². The van der Waals surface area contributed by atoms with Crippen LogP contribution in [0, 0.1) is 55.4 Å². The lowest BCUT2D eigenvalue weighted by Gasteiger charge is -2.30. The van der Waals surface area contributed by atoms with Crippen LogP contribution in [0.3, 0.4) is 0 Å². The quantitative estimate of drug-likeness (QED) is 0.142. The van der Waals surface area contributed by atoms with Gasteiger partial charge in [-0.1, -0.05) is 190 Å². The summed E-state index contributed by atoms with van der Waals surface area (Å²) in [5.41, 5.74) is 12.8. The zero-order chi connectivity index (χ0) is 38.5. The summed E-state index contributed by atoms with van der Waals surface area (Å²) in [5.74, 6) is 0. The van der Waals surface area contributed by atoms with Crippen LogP contribution in [0.2, 0.25) is 5.02 Å². The van der Waals surface area contributed by atoms with Crippen LogP contribution in [0.1, 0.15) is 44.5 Å². The van der Waals surface area contributed by atoms with Gasteiger partial charge in [-0.15, -0.1) is 0 Å². The van der Waals surface area contributed by atoms with E-state index in [2.05, 4.69) is 195 Å². The number of halogens is 1. The molecule has 8 aromatic rings. The summed E-state index contributed by atoms with van der Waals surface area (Å²) in [7, 11) is -2.08. The average molecular weight is 769 g/mol. The minimum Gasteiger partial charge on any atom is -0.0836 e. The van der Waals surface area contributed by atoms with E-state index in [1.807, 2.05) is 0 Å². The molecule has 0 atom stereocenters. The number of rotatable bonds is 7. The van der Waals surface area contributed by atoms with Crippen LogP contribution < -0.4 is 31.8 Å². The molecule has 0 amide bonds. The molecule has 0 radical (unpaired) electrons. The Morgan fingerprint density at radius 2 is 0.709 bits per heavy atom. The SMILES string of the molecule is Cc1cc(C)cc(P(c2cc(C)cc(C)c2)c2ccc3ccccc3c2-c2c(P(c3cc(C)cc(C)c3)c3cc(C)cc(C)c3)c(Cl)cc3ccccc23)c1. The summed E-state index contributed by atoms with van der Waals surface area (Å²) < 4.78 is 0. The summed E-state index contributed by atoms with van der Waals surface area (Å²) in [5, 5.41) is 13.7. The van der Waals surface area contributed by atoms with Crippen molar-refractivity contribution in [3.8, 4) is 11.1 Å². The summed E-state index contributed by atoms with van der Waals surface area (Å²) in [6, 6.07) is 53.3. The van der Waals surface area contributed by atoms with Gasteiger partial charge in [-0.3, -0.25) is 0 Å². The predicted molar refractivity (Wildman–Crippen MR) is 247 cm³/mol. The second-order valence-corrected chi connectivity index (χ2v) is 20.3. The van der Waals surface area contributed by atoms with Gasteiger partial charge in [-0.25, -0.2) is 0 Å². The minimum atomic E-state index is -1.09. The third-order valence-electron chi connectivity index (χ3n) is 10.5. The summed E-state index contributed by atoms with van der Waals surface area (Å²) in [4.78, 5) is 0. The van der Waals surface area contributed by atoms with Crippen LogP contribution in [-0.4, -0.2) is 0 Å². The van der Waals surface area contributed by atoms with Crippen LogP contribution in [0.25, 0.3) is 32.7 Å². The summed E-state index contributed by atoms with van der Waals surface area (Å²) in [6.45, 7) is 17.8. The van der Waals surface area contributed by atoms with E-state index in [0.29, 0.717) is 0 Å². The molecule has 0 nitrogen and oxygen atoms in total. The Labute approximate surface area is 334 Å². The third kappa shape index (κ3) is 7.42. The molecule has 0 N–H and O–H groups in total. The van der Waals surface area contributed by atoms with Crippen LogP contribution in [0.15, 0.2) is 140 Å². The largest absolute Gasteiger partial charge is 0.0836 e. The molecule has 272 valence electrons. The molecule has 0 spiro atoms. The maximum absolute atomic E-state index is 7.83. The van der Waals surface area contributed by atoms with E-state index < -0.39 is 15.8 Å². The van der Waals surface area contributed by atoms with E-state index in [1.165, 1.54) is 104 Å². The van der Waals surface area contributed by atoms with Gasteiger partial charge in [0, 0.05) is 10.9 Å². The Morgan fingerprint density at radius 3 is 1.15 bits per heavy atom. The maximum atomic E-state index is 7.83. The summed E-state index contributed by atoms with van der Waals surface area (Å²) >= 11 is 7.83. The minimum absolute atomic E-state index is 0.819. The first-order valence-corrected chi connectivity index (χ1v) is 22.2. The Bertz CT molecular complexity index is 2590. The molecule has 0 bridgehead atoms. The Morgan fingerprint density at radius 1 is 0.345 bits per heavy atom. The highest BCUT2D eigenvalue weighted by Crippen LogP contribution is 2.48. The molecule has 0 aliphatic rings. The molecule has 0 aliphatic heterocycles. The van der Waals surface area contributed by atoms with Gasteiger partial charge >= 0.3 is 0 Å². The standard InChI is InChI=1S/C52H47ClP2/c1-32-19-33(2)24-42(23-32)54(43-25-34(3)20-35(4)26-43)49-18-17-40-13-9-11-15-46(40)50(49)51-47-16-12-10-14-41(47)31-48(53)52(51)55(44-27-36(5)21-37(6)28-44)45-29-38(7)22-39(8)30-45/h9-31H,1-8H3. The van der Waals surface area contributed by atoms with Crippen LogP contribution in [0.4, 0.5) is 0 Å². The summed E-state index contributed by atoms with van der Waals surface area (Å²) in [6.07, 6.45) is 0. The fourth-order valence-corrected chi connectivity index (χ4v) is 14.8. The highest BCUT2D eigenvalue weighted by atomic mass is 35.5. The lowest BCUT2D eigenvalue weighted by Crippen LogP contribution is -2.27. The molecule has 3 heteroatoms. The van der Waals surface area contributed by atoms with Gasteiger partial charge in [-0.2, -0.15) is 0 Å². The average Bonchev–Trinajstić information content (AvgIpc) is 3.11. The van der Waals surface area contributed by atoms with Crippen molar-refractivity contribution in [1.29, 1.82) is 0 Å². The van der Waals surface area contributed by atoms with Crippen molar-refractivity contribution in [3.05, 3.63) is 189 Å². The van der Waals surface area contributed by atoms with Crippen molar-refractivity contribution >= 4 is 80.8 Å². The molecule has 0 saturated carbocycles. The zero-order valence-corrected chi connectivity index (χ0v) is 35.6. The van der Waals surface area contributed by atoms with E-state index in [0.717, 1.165) is 10.4 Å². The van der Waals surface area contributed by atoms with Crippen molar-refractivity contribution < 1.29 is 0 Å². The number of aryl methyl sites for hydroxylation is 8. The third-order valence-corrected chi connectivity index (χ3v) is 15.7. The van der Waals surface area contributed by atoms with E-state index in [1.54, 1.807) is 0 Å². The lowest BCUT2D eigenvalue weighted by molar-refractivity contribution is 1.40. The highest BCUT2D eigenvalue weighted by molar-refractivity contribution is 7.81. The molecule has 0 aliphatic carbocycles. The second-order valence-electron chi connectivity index (χ2n) is 15.5. The molecular weight excluding hydrogens is 722 g/mol. The number of hydrogen-bond donors (Lipinski definition) is 0. The van der Waals surface area contributed by atoms with Crippen molar-refractivity contribution in [2.45, 2.75) is 55.4 Å². The zero-order valence-electron chi connectivity index (χ0n) is 33.1. The van der Waals surface area contributed by atoms with Gasteiger partial charge in [0.15, 0.2) is 0 Å². The van der Waals surface area contributed by atoms with Crippen molar-refractivity contribution in [2.75, 3.05) is 0 Å². The van der Waals surface area contributed by atoms with Gasteiger partial charge in [0.25, 0.3) is 0 Å². The van der Waals surface area contributed by atoms with Gasteiger partial charge in [-0.05, 0) is 131 Å². The molecule has 0 heterocycles. The molecule has 0 unspecified atom stereocenters. The van der Waals surface area contributed by atoms with Gasteiger partial charge in [0.1, 0.15) is 0 Å². The van der Waals surface area contributed by atoms with E-state index in [-0.39, 0.29) is 0 Å². The van der Waals surface area contributed by atoms with E-state index >= 15 is 0 Å². The maximum Gasteiger partial charge on any atom is 0.0502 e. The second kappa shape index (κ2) is 15.2. The van der Waals surface area contributed by atoms with Gasteiger partial charge in [0.05, 0.1) is 5.02 Å². The number of fused-ring (bicyclic) bond motifs is 2.